The molecule has 3 aromatic rings. The highest BCUT2D eigenvalue weighted by atomic mass is 32.2. The molecule has 31 heavy (non-hydrogen) atoms. The average Bonchev–Trinajstić information content (AvgIpc) is 2.73. The van der Waals surface area contributed by atoms with Crippen LogP contribution in [0.2, 0.25) is 0 Å². The monoisotopic (exact) mass is 450 g/mol. The molecule has 5 nitrogen and oxygen atoms in total. The van der Waals surface area contributed by atoms with Crippen LogP contribution in [0.4, 0.5) is 23.2 Å². The van der Waals surface area contributed by atoms with Gasteiger partial charge in [0, 0.05) is 17.6 Å². The fourth-order valence-corrected chi connectivity index (χ4v) is 3.44. The molecule has 1 heterocycles. The molecule has 0 radical (unpaired) electrons. The van der Waals surface area contributed by atoms with Crippen molar-refractivity contribution in [2.24, 2.45) is 0 Å². The van der Waals surface area contributed by atoms with Gasteiger partial charge >= 0.3 is 13.8 Å². The zero-order valence-corrected chi connectivity index (χ0v) is 16.6. The van der Waals surface area contributed by atoms with Crippen LogP contribution in [0.3, 0.4) is 0 Å². The lowest BCUT2D eigenvalue weighted by molar-refractivity contribution is -0.274. The van der Waals surface area contributed by atoms with Crippen molar-refractivity contribution in [1.29, 1.82) is 0 Å². The minimum absolute atomic E-state index is 0.235. The first-order valence-corrected chi connectivity index (χ1v) is 9.86. The van der Waals surface area contributed by atoms with Gasteiger partial charge in [-0.2, -0.15) is 0 Å². The Morgan fingerprint density at radius 3 is 2.48 bits per heavy atom. The van der Waals surface area contributed by atoms with Crippen LogP contribution in [0, 0.1) is 5.82 Å². The van der Waals surface area contributed by atoms with Crippen molar-refractivity contribution in [3.8, 4) is 5.75 Å². The van der Waals surface area contributed by atoms with Crippen molar-refractivity contribution in [3.63, 3.8) is 0 Å². The second-order valence-electron chi connectivity index (χ2n) is 6.27. The van der Waals surface area contributed by atoms with E-state index in [0.717, 1.165) is 6.07 Å². The summed E-state index contributed by atoms with van der Waals surface area (Å²) in [6.45, 7) is 0. The molecule has 160 valence electrons. The molecular formula is C20H15BF4N2O3S. The number of carbonyl (C=O) groups excluding carboxylic acids is 1. The van der Waals surface area contributed by atoms with Crippen LogP contribution in [0.25, 0.3) is 0 Å². The Labute approximate surface area is 179 Å². The van der Waals surface area contributed by atoms with Crippen LogP contribution in [0.5, 0.6) is 5.75 Å². The molecule has 0 aliphatic carbocycles. The number of benzene rings is 2. The number of nitrogens with zero attached hydrogens (tertiary/aromatic N) is 1. The van der Waals surface area contributed by atoms with E-state index in [9.17, 15) is 27.4 Å². The standard InChI is InChI=1S/C20H15BF4N2O3S/c22-14-2-4-15(5-3-14)27-19(28)12-1-8-18(26-10-12)31-11-13-9-16(30-20(23,24)25)6-7-17(13)21-29/h1-10,21,29H,11H2,(H,27,28). The van der Waals surface area contributed by atoms with Gasteiger partial charge in [-0.15, -0.1) is 24.9 Å². The Morgan fingerprint density at radius 2 is 1.87 bits per heavy atom. The molecular weight excluding hydrogens is 435 g/mol. The van der Waals surface area contributed by atoms with Crippen LogP contribution in [0.1, 0.15) is 15.9 Å². The maximum atomic E-state index is 12.9. The van der Waals surface area contributed by atoms with Crippen LogP contribution < -0.4 is 15.5 Å². The van der Waals surface area contributed by atoms with Crippen LogP contribution in [0.15, 0.2) is 65.8 Å². The number of ether oxygens (including phenoxy) is 1. The molecule has 0 spiro atoms. The molecule has 3 rings (SSSR count). The molecule has 0 aliphatic rings. The predicted octanol–water partition coefficient (Wildman–Crippen LogP) is 3.63. The fraction of sp³-hybridized carbons (Fsp3) is 0.100. The largest absolute Gasteiger partial charge is 0.573 e. The number of alkyl halides is 3. The number of halogens is 4. The van der Waals surface area contributed by atoms with E-state index in [2.05, 4.69) is 15.0 Å². The van der Waals surface area contributed by atoms with Crippen molar-refractivity contribution in [2.75, 3.05) is 5.32 Å². The molecule has 2 N–H and O–H groups in total. The van der Waals surface area contributed by atoms with Gasteiger partial charge in [0.05, 0.1) is 10.6 Å². The lowest BCUT2D eigenvalue weighted by Crippen LogP contribution is -2.21. The summed E-state index contributed by atoms with van der Waals surface area (Å²) in [5, 5.41) is 12.6. The van der Waals surface area contributed by atoms with Gasteiger partial charge in [-0.25, -0.2) is 9.37 Å². The van der Waals surface area contributed by atoms with Gasteiger partial charge < -0.3 is 15.1 Å². The zero-order chi connectivity index (χ0) is 22.4. The van der Waals surface area contributed by atoms with Crippen LogP contribution in [-0.2, 0) is 5.75 Å². The summed E-state index contributed by atoms with van der Waals surface area (Å²) in [5.41, 5.74) is 1.65. The Hall–Kier alpha value is -3.05. The summed E-state index contributed by atoms with van der Waals surface area (Å²) < 4.78 is 54.1. The number of anilines is 1. The van der Waals surface area contributed by atoms with E-state index in [-0.39, 0.29) is 24.5 Å². The number of aromatic nitrogens is 1. The number of hydrogen-bond donors (Lipinski definition) is 2. The molecule has 11 heteroatoms. The number of amides is 1. The Kier molecular flexibility index (Phi) is 7.19. The summed E-state index contributed by atoms with van der Waals surface area (Å²) >= 11 is 1.22. The third-order valence-electron chi connectivity index (χ3n) is 4.06. The smallest absolute Gasteiger partial charge is 0.449 e. The molecule has 1 aromatic heterocycles. The Balaban J connectivity index is 1.64. The normalized spacial score (nSPS) is 11.1. The maximum absolute atomic E-state index is 12.9. The summed E-state index contributed by atoms with van der Waals surface area (Å²) in [7, 11) is -0.335. The third kappa shape index (κ3) is 6.73. The molecule has 0 aliphatic heterocycles. The molecule has 0 saturated carbocycles. The first-order chi connectivity index (χ1) is 14.7. The molecule has 0 saturated heterocycles. The highest BCUT2D eigenvalue weighted by Gasteiger charge is 2.31. The number of thioether (sulfide) groups is 1. The van der Waals surface area contributed by atoms with E-state index >= 15 is 0 Å². The SMILES string of the molecule is O=C(Nc1ccc(F)cc1)c1ccc(SCc2cc(OC(F)(F)F)ccc2BO)nc1. The molecule has 1 amide bonds. The predicted molar refractivity (Wildman–Crippen MR) is 110 cm³/mol. The zero-order valence-electron chi connectivity index (χ0n) is 15.8. The first-order valence-electron chi connectivity index (χ1n) is 8.88. The summed E-state index contributed by atoms with van der Waals surface area (Å²) in [6, 6.07) is 12.2. The molecule has 0 fully saturated rings. The fourth-order valence-electron chi connectivity index (χ4n) is 2.58. The Morgan fingerprint density at radius 1 is 1.13 bits per heavy atom. The van der Waals surface area contributed by atoms with Gasteiger partial charge in [0.15, 0.2) is 0 Å². The van der Waals surface area contributed by atoms with Crippen LogP contribution >= 0.6 is 11.8 Å². The first kappa shape index (κ1) is 22.6. The number of pyridine rings is 1. The highest BCUT2D eigenvalue weighted by molar-refractivity contribution is 7.98. The van der Waals surface area contributed by atoms with Crippen molar-refractivity contribution in [1.82, 2.24) is 4.98 Å². The van der Waals surface area contributed by atoms with E-state index in [1.165, 1.54) is 54.4 Å². The van der Waals surface area contributed by atoms with E-state index in [4.69, 9.17) is 0 Å². The van der Waals surface area contributed by atoms with Gasteiger partial charge in [0.1, 0.15) is 11.6 Å². The third-order valence-corrected chi connectivity index (χ3v) is 5.05. The lowest BCUT2D eigenvalue weighted by Gasteiger charge is -2.12. The average molecular weight is 450 g/mol. The van der Waals surface area contributed by atoms with Crippen molar-refractivity contribution < 1.29 is 32.1 Å². The topological polar surface area (TPSA) is 71.5 Å². The van der Waals surface area contributed by atoms with E-state index in [1.807, 2.05) is 0 Å². The van der Waals surface area contributed by atoms with Gasteiger partial charge in [0.2, 0.25) is 0 Å². The minimum Gasteiger partial charge on any atom is -0.449 e. The van der Waals surface area contributed by atoms with Crippen molar-refractivity contribution in [3.05, 3.63) is 77.7 Å². The number of hydrogen-bond acceptors (Lipinski definition) is 5. The second kappa shape index (κ2) is 9.84. The summed E-state index contributed by atoms with van der Waals surface area (Å²) in [5.74, 6) is -0.976. The lowest BCUT2D eigenvalue weighted by atomic mass is 9.85. The molecule has 0 bridgehead atoms. The second-order valence-corrected chi connectivity index (χ2v) is 7.27. The number of carbonyl (C=O) groups is 1. The number of nitrogens with one attached hydrogen (secondary N) is 1. The Bertz CT molecular complexity index is 1050. The molecule has 0 atom stereocenters. The van der Waals surface area contributed by atoms with E-state index in [0.29, 0.717) is 21.7 Å². The highest BCUT2D eigenvalue weighted by Crippen LogP contribution is 2.26. The summed E-state index contributed by atoms with van der Waals surface area (Å²) in [4.78, 5) is 16.4. The van der Waals surface area contributed by atoms with Crippen molar-refractivity contribution in [2.45, 2.75) is 17.1 Å². The van der Waals surface area contributed by atoms with Gasteiger partial charge in [-0.05, 0) is 59.6 Å². The van der Waals surface area contributed by atoms with Crippen LogP contribution in [-0.4, -0.2) is 29.8 Å². The van der Waals surface area contributed by atoms with Gasteiger partial charge in [-0.3, -0.25) is 4.79 Å². The minimum atomic E-state index is -4.81. The van der Waals surface area contributed by atoms with Gasteiger partial charge in [0.25, 0.3) is 5.91 Å². The maximum Gasteiger partial charge on any atom is 0.573 e. The van der Waals surface area contributed by atoms with E-state index in [1.54, 1.807) is 12.1 Å². The number of rotatable bonds is 7. The molecule has 0 unspecified atom stereocenters. The van der Waals surface area contributed by atoms with Gasteiger partial charge in [-0.1, -0.05) is 6.07 Å². The molecule has 2 aromatic carbocycles. The van der Waals surface area contributed by atoms with E-state index < -0.39 is 18.1 Å². The quantitative estimate of drug-likeness (QED) is 0.327. The van der Waals surface area contributed by atoms with Crippen molar-refractivity contribution >= 4 is 36.3 Å². The summed E-state index contributed by atoms with van der Waals surface area (Å²) in [6.07, 6.45) is -3.45.